The highest BCUT2D eigenvalue weighted by Gasteiger charge is 2.28. The van der Waals surface area contributed by atoms with E-state index in [9.17, 15) is 4.57 Å². The Labute approximate surface area is 116 Å². The van der Waals surface area contributed by atoms with Crippen LogP contribution in [0, 0.1) is 0 Å². The van der Waals surface area contributed by atoms with Crippen LogP contribution in [0.5, 0.6) is 0 Å². The largest absolute Gasteiger partial charge is 0.325 e. The van der Waals surface area contributed by atoms with E-state index in [1.165, 1.54) is 7.11 Å². The number of rotatable bonds is 4. The molecule has 0 bridgehead atoms. The van der Waals surface area contributed by atoms with Gasteiger partial charge in [-0.15, -0.1) is 0 Å². The Hall–Kier alpha value is -1.31. The first-order valence-corrected chi connectivity index (χ1v) is 7.64. The standard InChI is InChI=1S/C15H17O2P.BH3/c1-3-13-9-7-8-12-15(13)18(16,17-2)14-10-5-4-6-11-14;/h4-12H,3H2,1-2H3;1H3. The summed E-state index contributed by atoms with van der Waals surface area (Å²) in [5.74, 6) is 0. The molecule has 1 unspecified atom stereocenters. The summed E-state index contributed by atoms with van der Waals surface area (Å²) in [4.78, 5) is 0. The highest BCUT2D eigenvalue weighted by molar-refractivity contribution is 7.74. The van der Waals surface area contributed by atoms with Gasteiger partial charge in [0.25, 0.3) is 7.37 Å². The third kappa shape index (κ3) is 2.99. The van der Waals surface area contributed by atoms with Crippen molar-refractivity contribution in [1.82, 2.24) is 0 Å². The third-order valence-corrected chi connectivity index (χ3v) is 5.61. The molecule has 0 aromatic heterocycles. The van der Waals surface area contributed by atoms with E-state index in [1.807, 2.05) is 54.6 Å². The van der Waals surface area contributed by atoms with Crippen molar-refractivity contribution in [2.75, 3.05) is 7.11 Å². The van der Waals surface area contributed by atoms with Gasteiger partial charge in [-0.3, -0.25) is 4.57 Å². The van der Waals surface area contributed by atoms with Gasteiger partial charge in [0.1, 0.15) is 0 Å². The maximum absolute atomic E-state index is 13.1. The van der Waals surface area contributed by atoms with E-state index in [2.05, 4.69) is 6.92 Å². The molecule has 1 atom stereocenters. The van der Waals surface area contributed by atoms with E-state index in [-0.39, 0.29) is 8.41 Å². The van der Waals surface area contributed by atoms with Crippen molar-refractivity contribution in [1.29, 1.82) is 0 Å². The Kier molecular flexibility index (Phi) is 5.59. The molecule has 0 spiro atoms. The Bertz CT molecular complexity index is 569. The van der Waals surface area contributed by atoms with E-state index in [0.717, 1.165) is 22.6 Å². The normalized spacial score (nSPS) is 13.4. The average molecular weight is 274 g/mol. The summed E-state index contributed by atoms with van der Waals surface area (Å²) in [6.45, 7) is 2.06. The fraction of sp³-hybridized carbons (Fsp3) is 0.200. The first-order valence-electron chi connectivity index (χ1n) is 6.02. The molecule has 0 amide bonds. The van der Waals surface area contributed by atoms with Crippen molar-refractivity contribution in [3.05, 3.63) is 60.2 Å². The first kappa shape index (κ1) is 15.8. The van der Waals surface area contributed by atoms with Crippen molar-refractivity contribution in [2.24, 2.45) is 0 Å². The number of benzene rings is 2. The molecule has 2 rings (SSSR count). The van der Waals surface area contributed by atoms with Crippen LogP contribution >= 0.6 is 7.37 Å². The lowest BCUT2D eigenvalue weighted by Gasteiger charge is -2.19. The SMILES string of the molecule is B.CCc1ccccc1P(=O)(OC)c1ccccc1. The predicted molar refractivity (Wildman–Crippen MR) is 86.1 cm³/mol. The van der Waals surface area contributed by atoms with Gasteiger partial charge in [0.15, 0.2) is 0 Å². The van der Waals surface area contributed by atoms with E-state index in [0.29, 0.717) is 0 Å². The Balaban J connectivity index is 0.00000180. The molecule has 0 aliphatic rings. The molecule has 0 fully saturated rings. The Morgan fingerprint density at radius 2 is 1.58 bits per heavy atom. The van der Waals surface area contributed by atoms with Crippen LogP contribution in [-0.2, 0) is 15.5 Å². The molecule has 0 N–H and O–H groups in total. The van der Waals surface area contributed by atoms with Gasteiger partial charge < -0.3 is 4.52 Å². The third-order valence-electron chi connectivity index (χ3n) is 3.04. The topological polar surface area (TPSA) is 26.3 Å². The molecule has 100 valence electrons. The van der Waals surface area contributed by atoms with Crippen LogP contribution in [-0.4, -0.2) is 15.5 Å². The van der Waals surface area contributed by atoms with Gasteiger partial charge in [-0.05, 0) is 30.2 Å². The molecule has 2 aromatic carbocycles. The molecule has 0 saturated heterocycles. The Morgan fingerprint density at radius 1 is 1.00 bits per heavy atom. The Morgan fingerprint density at radius 3 is 2.16 bits per heavy atom. The summed E-state index contributed by atoms with van der Waals surface area (Å²) in [6, 6.07) is 17.2. The van der Waals surface area contributed by atoms with Gasteiger partial charge in [-0.2, -0.15) is 0 Å². The second-order valence-electron chi connectivity index (χ2n) is 4.05. The maximum Gasteiger partial charge on any atom is 0.261 e. The zero-order chi connectivity index (χ0) is 13.0. The number of aryl methyl sites for hydroxylation is 1. The van der Waals surface area contributed by atoms with Crippen LogP contribution < -0.4 is 10.6 Å². The molecule has 2 aromatic rings. The number of hydrogen-bond donors (Lipinski definition) is 0. The molecular formula is C15H20BO2P. The van der Waals surface area contributed by atoms with Crippen molar-refractivity contribution < 1.29 is 9.09 Å². The summed E-state index contributed by atoms with van der Waals surface area (Å²) in [7, 11) is -1.45. The zero-order valence-electron chi connectivity index (χ0n) is 10.7. The quantitative estimate of drug-likeness (QED) is 0.629. The fourth-order valence-electron chi connectivity index (χ4n) is 2.06. The van der Waals surface area contributed by atoms with Crippen LogP contribution in [0.3, 0.4) is 0 Å². The minimum absolute atomic E-state index is 0. The lowest BCUT2D eigenvalue weighted by atomic mass is 10.2. The van der Waals surface area contributed by atoms with Gasteiger partial charge in [-0.1, -0.05) is 43.3 Å². The van der Waals surface area contributed by atoms with Gasteiger partial charge in [0.2, 0.25) is 0 Å². The van der Waals surface area contributed by atoms with Crippen LogP contribution in [0.25, 0.3) is 0 Å². The molecule has 0 aliphatic heterocycles. The van der Waals surface area contributed by atoms with Crippen molar-refractivity contribution >= 4 is 26.4 Å². The van der Waals surface area contributed by atoms with E-state index < -0.39 is 7.37 Å². The second-order valence-corrected chi connectivity index (χ2v) is 6.52. The highest BCUT2D eigenvalue weighted by atomic mass is 31.2. The van der Waals surface area contributed by atoms with Crippen molar-refractivity contribution in [3.8, 4) is 0 Å². The fourth-order valence-corrected chi connectivity index (χ4v) is 4.21. The number of hydrogen-bond acceptors (Lipinski definition) is 2. The predicted octanol–water partition coefficient (Wildman–Crippen LogP) is 1.94. The van der Waals surface area contributed by atoms with Gasteiger partial charge in [0.05, 0.1) is 8.41 Å². The summed E-state index contributed by atoms with van der Waals surface area (Å²) in [5.41, 5.74) is 1.08. The monoisotopic (exact) mass is 274 g/mol. The minimum Gasteiger partial charge on any atom is -0.325 e. The first-order chi connectivity index (χ1) is 8.72. The maximum atomic E-state index is 13.1. The van der Waals surface area contributed by atoms with Crippen LogP contribution in [0.2, 0.25) is 0 Å². The molecule has 4 heteroatoms. The second kappa shape index (κ2) is 6.74. The highest BCUT2D eigenvalue weighted by Crippen LogP contribution is 2.44. The molecule has 2 nitrogen and oxygen atoms in total. The summed E-state index contributed by atoms with van der Waals surface area (Å²) in [6.07, 6.45) is 0.844. The summed E-state index contributed by atoms with van der Waals surface area (Å²) in [5, 5.41) is 1.55. The molecule has 0 radical (unpaired) electrons. The van der Waals surface area contributed by atoms with Crippen LogP contribution in [0.15, 0.2) is 54.6 Å². The minimum atomic E-state index is -2.96. The van der Waals surface area contributed by atoms with Gasteiger partial charge in [0, 0.05) is 17.7 Å². The van der Waals surface area contributed by atoms with Gasteiger partial charge >= 0.3 is 0 Å². The van der Waals surface area contributed by atoms with E-state index in [1.54, 1.807) is 0 Å². The lowest BCUT2D eigenvalue weighted by molar-refractivity contribution is 0.412. The average Bonchev–Trinajstić information content (AvgIpc) is 2.47. The van der Waals surface area contributed by atoms with Crippen molar-refractivity contribution in [2.45, 2.75) is 13.3 Å². The summed E-state index contributed by atoms with van der Waals surface area (Å²) < 4.78 is 18.6. The van der Waals surface area contributed by atoms with E-state index >= 15 is 0 Å². The molecular weight excluding hydrogens is 254 g/mol. The smallest absolute Gasteiger partial charge is 0.261 e. The summed E-state index contributed by atoms with van der Waals surface area (Å²) >= 11 is 0. The van der Waals surface area contributed by atoms with Gasteiger partial charge in [-0.25, -0.2) is 0 Å². The molecule has 0 saturated carbocycles. The van der Waals surface area contributed by atoms with Crippen molar-refractivity contribution in [3.63, 3.8) is 0 Å². The lowest BCUT2D eigenvalue weighted by Crippen LogP contribution is -2.20. The zero-order valence-corrected chi connectivity index (χ0v) is 11.6. The van der Waals surface area contributed by atoms with Crippen LogP contribution in [0.1, 0.15) is 12.5 Å². The van der Waals surface area contributed by atoms with E-state index in [4.69, 9.17) is 4.52 Å². The molecule has 0 aliphatic carbocycles. The molecule has 0 heterocycles. The molecule has 19 heavy (non-hydrogen) atoms. The van der Waals surface area contributed by atoms with Crippen LogP contribution in [0.4, 0.5) is 0 Å².